The van der Waals surface area contributed by atoms with Crippen LogP contribution in [0.2, 0.25) is 0 Å². The van der Waals surface area contributed by atoms with Gasteiger partial charge < -0.3 is 19.9 Å². The molecule has 1 aromatic heterocycles. The summed E-state index contributed by atoms with van der Waals surface area (Å²) in [5, 5.41) is 12.0. The van der Waals surface area contributed by atoms with Crippen molar-refractivity contribution in [3.63, 3.8) is 0 Å². The molecule has 0 amide bonds. The van der Waals surface area contributed by atoms with Crippen LogP contribution in [0.25, 0.3) is 10.9 Å². The average molecular weight is 381 g/mol. The minimum Gasteiger partial charge on any atom is -0.477 e. The molecule has 1 saturated carbocycles. The Morgan fingerprint density at radius 1 is 1.30 bits per heavy atom. The molecule has 6 nitrogen and oxygen atoms in total. The van der Waals surface area contributed by atoms with E-state index in [1.807, 2.05) is 0 Å². The smallest absolute Gasteiger partial charge is 0.341 e. The number of carbonyl (C=O) groups is 1. The van der Waals surface area contributed by atoms with E-state index < -0.39 is 35.2 Å². The van der Waals surface area contributed by atoms with Gasteiger partial charge in [0.25, 0.3) is 6.43 Å². The summed E-state index contributed by atoms with van der Waals surface area (Å²) in [6.07, 6.45) is 0.404. The van der Waals surface area contributed by atoms with Crippen LogP contribution in [-0.4, -0.2) is 47.7 Å². The Kier molecular flexibility index (Phi) is 4.33. The van der Waals surface area contributed by atoms with E-state index in [4.69, 9.17) is 0 Å². The fourth-order valence-corrected chi connectivity index (χ4v) is 3.57. The number of aromatic carboxylic acids is 1. The molecule has 2 heterocycles. The normalized spacial score (nSPS) is 20.4. The molecule has 27 heavy (non-hydrogen) atoms. The quantitative estimate of drug-likeness (QED) is 0.850. The number of anilines is 1. The minimum atomic E-state index is -2.57. The van der Waals surface area contributed by atoms with Gasteiger partial charge in [-0.15, -0.1) is 0 Å². The number of hydrogen-bond acceptors (Lipinski definition) is 4. The lowest BCUT2D eigenvalue weighted by molar-refractivity contribution is 0.0694. The van der Waals surface area contributed by atoms with Crippen molar-refractivity contribution in [2.45, 2.75) is 31.4 Å². The highest BCUT2D eigenvalue weighted by Gasteiger charge is 2.30. The van der Waals surface area contributed by atoms with Crippen LogP contribution in [0.4, 0.5) is 18.9 Å². The van der Waals surface area contributed by atoms with Crippen LogP contribution in [0, 0.1) is 5.82 Å². The number of fused-ring (bicyclic) bond motifs is 1. The van der Waals surface area contributed by atoms with Crippen molar-refractivity contribution in [1.29, 1.82) is 0 Å². The predicted octanol–water partition coefficient (Wildman–Crippen LogP) is 2.22. The van der Waals surface area contributed by atoms with Gasteiger partial charge in [0.1, 0.15) is 11.4 Å². The van der Waals surface area contributed by atoms with Gasteiger partial charge in [0, 0.05) is 37.3 Å². The molecule has 2 N–H and O–H groups in total. The van der Waals surface area contributed by atoms with Crippen LogP contribution < -0.4 is 15.6 Å². The molecule has 2 aromatic rings. The summed E-state index contributed by atoms with van der Waals surface area (Å²) < 4.78 is 42.5. The average Bonchev–Trinajstić information content (AvgIpc) is 3.47. The molecule has 1 atom stereocenters. The number of halogens is 3. The highest BCUT2D eigenvalue weighted by Crippen LogP contribution is 2.38. The number of benzene rings is 1. The number of hydrogen-bond donors (Lipinski definition) is 2. The van der Waals surface area contributed by atoms with Gasteiger partial charge in [-0.2, -0.15) is 0 Å². The number of carboxylic acids is 1. The van der Waals surface area contributed by atoms with Crippen molar-refractivity contribution in [2.24, 2.45) is 0 Å². The zero-order valence-corrected chi connectivity index (χ0v) is 14.3. The standard InChI is InChI=1S/C18H18F3N3O3/c19-12-5-10-14(6-15(12)23-4-3-22-13(8-23)17(20)21)24(9-1-2-9)7-11(16(10)25)18(26)27/h5-7,9,13,17,22H,1-4,8H2,(H,26,27). The number of nitrogens with one attached hydrogen (secondary N) is 1. The Labute approximate surface area is 152 Å². The van der Waals surface area contributed by atoms with E-state index in [1.165, 1.54) is 17.2 Å². The maximum atomic E-state index is 14.7. The van der Waals surface area contributed by atoms with Crippen molar-refractivity contribution in [1.82, 2.24) is 9.88 Å². The fraction of sp³-hybridized carbons (Fsp3) is 0.444. The third kappa shape index (κ3) is 3.16. The van der Waals surface area contributed by atoms with E-state index >= 15 is 0 Å². The number of carboxylic acid groups (broad SMARTS) is 1. The number of alkyl halides is 2. The summed E-state index contributed by atoms with van der Waals surface area (Å²) in [5.41, 5.74) is -0.574. The van der Waals surface area contributed by atoms with E-state index in [0.717, 1.165) is 18.9 Å². The van der Waals surface area contributed by atoms with Crippen molar-refractivity contribution in [3.8, 4) is 0 Å². The van der Waals surface area contributed by atoms with Gasteiger partial charge in [0.05, 0.1) is 17.2 Å². The Balaban J connectivity index is 1.85. The van der Waals surface area contributed by atoms with Crippen molar-refractivity contribution in [3.05, 3.63) is 39.9 Å². The molecule has 1 saturated heterocycles. The lowest BCUT2D eigenvalue weighted by atomic mass is 10.1. The number of nitrogens with zero attached hydrogens (tertiary/aromatic N) is 2. The first-order chi connectivity index (χ1) is 12.9. The summed E-state index contributed by atoms with van der Waals surface area (Å²) >= 11 is 0. The molecular weight excluding hydrogens is 363 g/mol. The number of pyridine rings is 1. The molecule has 1 aromatic carbocycles. The molecule has 0 spiro atoms. The van der Waals surface area contributed by atoms with Gasteiger partial charge in [-0.05, 0) is 25.0 Å². The highest BCUT2D eigenvalue weighted by atomic mass is 19.3. The topological polar surface area (TPSA) is 74.6 Å². The monoisotopic (exact) mass is 381 g/mol. The second-order valence-electron chi connectivity index (χ2n) is 6.98. The van der Waals surface area contributed by atoms with E-state index in [1.54, 1.807) is 4.57 Å². The summed E-state index contributed by atoms with van der Waals surface area (Å²) in [7, 11) is 0. The summed E-state index contributed by atoms with van der Waals surface area (Å²) in [5.74, 6) is -2.08. The lowest BCUT2D eigenvalue weighted by Crippen LogP contribution is -2.54. The first-order valence-electron chi connectivity index (χ1n) is 8.75. The maximum absolute atomic E-state index is 14.7. The highest BCUT2D eigenvalue weighted by molar-refractivity contribution is 5.93. The number of piperazine rings is 1. The third-order valence-electron chi connectivity index (χ3n) is 5.12. The molecule has 0 bridgehead atoms. The second kappa shape index (κ2) is 6.56. The molecule has 1 unspecified atom stereocenters. The molecule has 144 valence electrons. The molecule has 1 aliphatic carbocycles. The van der Waals surface area contributed by atoms with Crippen molar-refractivity contribution < 1.29 is 23.1 Å². The Hall–Kier alpha value is -2.55. The number of aromatic nitrogens is 1. The molecular formula is C18H18F3N3O3. The van der Waals surface area contributed by atoms with E-state index in [0.29, 0.717) is 18.6 Å². The number of rotatable bonds is 4. The van der Waals surface area contributed by atoms with Crippen molar-refractivity contribution >= 4 is 22.6 Å². The third-order valence-corrected chi connectivity index (χ3v) is 5.12. The van der Waals surface area contributed by atoms with Crippen LogP contribution in [0.15, 0.2) is 23.1 Å². The van der Waals surface area contributed by atoms with E-state index in [2.05, 4.69) is 5.32 Å². The Morgan fingerprint density at radius 3 is 2.67 bits per heavy atom. The summed E-state index contributed by atoms with van der Waals surface area (Å²) in [4.78, 5) is 25.4. The molecule has 1 aliphatic heterocycles. The fourth-order valence-electron chi connectivity index (χ4n) is 3.57. The Morgan fingerprint density at radius 2 is 2.04 bits per heavy atom. The summed E-state index contributed by atoms with van der Waals surface area (Å²) in [6.45, 7) is 0.591. The minimum absolute atomic E-state index is 0.0106. The zero-order chi connectivity index (χ0) is 19.3. The molecule has 4 rings (SSSR count). The van der Waals surface area contributed by atoms with Crippen LogP contribution in [-0.2, 0) is 0 Å². The first-order valence-corrected chi connectivity index (χ1v) is 8.75. The van der Waals surface area contributed by atoms with Crippen LogP contribution >= 0.6 is 0 Å². The molecule has 9 heteroatoms. The first kappa shape index (κ1) is 17.8. The van der Waals surface area contributed by atoms with Gasteiger partial charge >= 0.3 is 5.97 Å². The largest absolute Gasteiger partial charge is 0.477 e. The van der Waals surface area contributed by atoms with Gasteiger partial charge in [-0.1, -0.05) is 0 Å². The molecule has 0 radical (unpaired) electrons. The summed E-state index contributed by atoms with van der Waals surface area (Å²) in [6, 6.07) is 1.50. The van der Waals surface area contributed by atoms with E-state index in [-0.39, 0.29) is 23.7 Å². The maximum Gasteiger partial charge on any atom is 0.341 e. The van der Waals surface area contributed by atoms with Gasteiger partial charge in [0.15, 0.2) is 0 Å². The van der Waals surface area contributed by atoms with Gasteiger partial charge in [-0.3, -0.25) is 4.79 Å². The van der Waals surface area contributed by atoms with Gasteiger partial charge in [-0.25, -0.2) is 18.0 Å². The van der Waals surface area contributed by atoms with Gasteiger partial charge in [0.2, 0.25) is 5.43 Å². The second-order valence-corrected chi connectivity index (χ2v) is 6.98. The van der Waals surface area contributed by atoms with Crippen molar-refractivity contribution in [2.75, 3.05) is 24.5 Å². The molecule has 2 fully saturated rings. The SMILES string of the molecule is O=C(O)c1cn(C2CC2)c2cc(N3CCNC(C(F)F)C3)c(F)cc2c1=O. The van der Waals surface area contributed by atoms with E-state index in [9.17, 15) is 27.9 Å². The van der Waals surface area contributed by atoms with Crippen LogP contribution in [0.1, 0.15) is 29.2 Å². The predicted molar refractivity (Wildman–Crippen MR) is 93.4 cm³/mol. The van der Waals surface area contributed by atoms with Crippen LogP contribution in [0.3, 0.4) is 0 Å². The zero-order valence-electron chi connectivity index (χ0n) is 14.3. The Bertz CT molecular complexity index is 972. The molecule has 2 aliphatic rings. The van der Waals surface area contributed by atoms with Crippen LogP contribution in [0.5, 0.6) is 0 Å². The lowest BCUT2D eigenvalue weighted by Gasteiger charge is -2.35.